The summed E-state index contributed by atoms with van der Waals surface area (Å²) in [5, 5.41) is 33.4. The molecule has 5 amide bonds. The van der Waals surface area contributed by atoms with Gasteiger partial charge in [-0.3, -0.25) is 43.2 Å². The van der Waals surface area contributed by atoms with Crippen molar-refractivity contribution in [2.45, 2.75) is 110 Å². The van der Waals surface area contributed by atoms with E-state index in [4.69, 9.17) is 43.7 Å². The number of aryl methyl sites for hydroxylation is 3. The number of hydrogen-bond donors (Lipinski definition) is 6. The van der Waals surface area contributed by atoms with Crippen LogP contribution in [-0.2, 0) is 58.4 Å². The van der Waals surface area contributed by atoms with Crippen LogP contribution in [0.5, 0.6) is 17.2 Å². The van der Waals surface area contributed by atoms with Crippen molar-refractivity contribution < 1.29 is 72.4 Å². The molecule has 2 unspecified atom stereocenters. The average Bonchev–Trinajstić information content (AvgIpc) is 2.81. The molecule has 0 aliphatic carbocycles. The van der Waals surface area contributed by atoms with Gasteiger partial charge in [-0.15, -0.1) is 12.4 Å². The number of carboxylic acids is 1. The molecule has 8 heterocycles. The Morgan fingerprint density at radius 3 is 1.31 bits per heavy atom. The van der Waals surface area contributed by atoms with Gasteiger partial charge in [0.05, 0.1) is 57.1 Å². The molecule has 0 spiro atoms. The maximum absolute atomic E-state index is 12.9. The smallest absolute Gasteiger partial charge is 0.335 e. The minimum atomic E-state index is -0.923. The van der Waals surface area contributed by atoms with E-state index in [0.29, 0.717) is 86.6 Å². The lowest BCUT2D eigenvalue weighted by molar-refractivity contribution is -0.186. The molecule has 3 aromatic carbocycles. The second-order valence-corrected chi connectivity index (χ2v) is 20.0. The van der Waals surface area contributed by atoms with Crippen LogP contribution < -0.4 is 36.0 Å². The number of carbonyl (C=O) groups is 6. The molecule has 6 N–H and O–H groups in total. The zero-order valence-electron chi connectivity index (χ0n) is 48.1. The van der Waals surface area contributed by atoms with E-state index in [-0.39, 0.29) is 53.4 Å². The maximum atomic E-state index is 12.9. The first kappa shape index (κ1) is 65.1. The zero-order chi connectivity index (χ0) is 60.1. The predicted molar refractivity (Wildman–Crippen MR) is 308 cm³/mol. The number of amides is 5. The van der Waals surface area contributed by atoms with Crippen LogP contribution in [0.3, 0.4) is 0 Å². The summed E-state index contributed by atoms with van der Waals surface area (Å²) in [5.41, 5.74) is 11.3. The largest absolute Gasteiger partial charge is 0.497 e. The fraction of sp³-hybridized carbons (Fsp3) is 0.431. The van der Waals surface area contributed by atoms with E-state index in [0.717, 1.165) is 94.5 Å². The number of aromatic nitrogens is 6. The molecule has 0 bridgehead atoms. The molecule has 6 aromatic rings. The highest BCUT2D eigenvalue weighted by molar-refractivity contribution is 5.96. The molecule has 0 radical (unpaired) electrons. The second kappa shape index (κ2) is 32.7. The zero-order valence-corrected chi connectivity index (χ0v) is 49.0. The Balaban J connectivity index is 0.000000171. The van der Waals surface area contributed by atoms with Gasteiger partial charge in [0.25, 0.3) is 29.5 Å². The number of carboxylic acid groups (broad SMARTS) is 1. The topological polar surface area (TPSA) is 316 Å². The highest BCUT2D eigenvalue weighted by atomic mass is 35.5. The van der Waals surface area contributed by atoms with Crippen molar-refractivity contribution in [3.63, 3.8) is 0 Å². The van der Waals surface area contributed by atoms with Crippen molar-refractivity contribution in [3.8, 4) is 17.2 Å². The summed E-state index contributed by atoms with van der Waals surface area (Å²) < 4.78 is 31.3. The van der Waals surface area contributed by atoms with Gasteiger partial charge in [-0.1, -0.05) is 0 Å². The predicted octanol–water partition coefficient (Wildman–Crippen LogP) is 5.56. The third-order valence-corrected chi connectivity index (χ3v) is 14.1. The van der Waals surface area contributed by atoms with Crippen LogP contribution in [0.4, 0.5) is 0 Å². The number of nitrogens with one attached hydrogen (secondary N) is 4. The Bertz CT molecular complexity index is 3160. The standard InChI is InChI=1S/C21H26N4O5.C16H18N4O4.C13H20N4O3.C8H8O3.ClH/c1-28-17-8-6-15(7-9-17)21(27)24-10-4-11-25-16(14-24)13-18(22-25)20(26)23-30-19-5-2-3-12-29-19;1-24-13-5-3-11(4-6-13)16(22)19-7-2-8-20-12(10-19)9-14(17-20)15(21)18-23;18-13(16-20-12-4-1-2-7-19-12)11-8-10-9-14-5-3-6-17(10)15-11;1-11-7-4-2-6(3-5-7)8(9)10;/h6-9,13,19H,2-5,10-12,14H2,1H3,(H,23,26);3-6,9,23H,2,7-8,10H2,1H3,(H,18,21);8,12,14H,1-7,9H2,(H,16,18);2-5H,1H3,(H,9,10);1H. The van der Waals surface area contributed by atoms with Gasteiger partial charge in [-0.05, 0) is 142 Å². The van der Waals surface area contributed by atoms with Gasteiger partial charge in [0, 0.05) is 76.5 Å². The summed E-state index contributed by atoms with van der Waals surface area (Å²) in [6.45, 7) is 7.11. The first-order valence-corrected chi connectivity index (χ1v) is 28.1. The molecule has 27 nitrogen and oxygen atoms in total. The van der Waals surface area contributed by atoms with E-state index in [1.165, 1.54) is 19.2 Å². The highest BCUT2D eigenvalue weighted by Crippen LogP contribution is 2.22. The van der Waals surface area contributed by atoms with E-state index in [2.05, 4.69) is 31.6 Å². The number of fused-ring (bicyclic) bond motifs is 3. The fourth-order valence-corrected chi connectivity index (χ4v) is 9.54. The maximum Gasteiger partial charge on any atom is 0.335 e. The molecule has 5 aliphatic heterocycles. The normalized spacial score (nSPS) is 17.0. The van der Waals surface area contributed by atoms with E-state index in [9.17, 15) is 28.8 Å². The summed E-state index contributed by atoms with van der Waals surface area (Å²) >= 11 is 0. The van der Waals surface area contributed by atoms with Crippen LogP contribution in [-0.4, -0.2) is 152 Å². The van der Waals surface area contributed by atoms with Gasteiger partial charge in [-0.25, -0.2) is 30.9 Å². The molecule has 11 rings (SSSR count). The van der Waals surface area contributed by atoms with Gasteiger partial charge in [0.2, 0.25) is 0 Å². The lowest BCUT2D eigenvalue weighted by atomic mass is 10.2. The van der Waals surface area contributed by atoms with E-state index < -0.39 is 24.1 Å². The first-order valence-electron chi connectivity index (χ1n) is 28.1. The van der Waals surface area contributed by atoms with Crippen LogP contribution in [0.2, 0.25) is 0 Å². The molecule has 2 atom stereocenters. The fourth-order valence-electron chi connectivity index (χ4n) is 9.54. The highest BCUT2D eigenvalue weighted by Gasteiger charge is 2.27. The minimum Gasteiger partial charge on any atom is -0.497 e. The van der Waals surface area contributed by atoms with Crippen molar-refractivity contribution >= 4 is 47.9 Å². The van der Waals surface area contributed by atoms with Crippen LogP contribution in [0.1, 0.15) is 137 Å². The van der Waals surface area contributed by atoms with E-state index >= 15 is 0 Å². The molecule has 86 heavy (non-hydrogen) atoms. The average molecular weight is 1210 g/mol. The van der Waals surface area contributed by atoms with Crippen LogP contribution >= 0.6 is 12.4 Å². The van der Waals surface area contributed by atoms with Gasteiger partial charge in [0.15, 0.2) is 29.7 Å². The van der Waals surface area contributed by atoms with Gasteiger partial charge >= 0.3 is 5.97 Å². The van der Waals surface area contributed by atoms with Crippen LogP contribution in [0.25, 0.3) is 0 Å². The van der Waals surface area contributed by atoms with Crippen LogP contribution in [0, 0.1) is 0 Å². The summed E-state index contributed by atoms with van der Waals surface area (Å²) in [6, 6.07) is 25.3. The van der Waals surface area contributed by atoms with Crippen molar-refractivity contribution in [3.05, 3.63) is 142 Å². The third-order valence-electron chi connectivity index (χ3n) is 14.1. The molecular formula is C58H73ClN12O15. The molecule has 0 saturated carbocycles. The SMILES string of the molecule is COc1ccc(C(=O)N2CCCn3nc(C(=O)NO)cc3C2)cc1.COc1ccc(C(=O)N2CCCn3nc(C(=O)NOC4CCCCO4)cc3C2)cc1.COc1ccc(C(=O)O)cc1.Cl.O=C(NOC1CCCCO1)c1cc2n(n1)CCCNC2. The number of methoxy groups -OCH3 is 3. The Labute approximate surface area is 502 Å². The summed E-state index contributed by atoms with van der Waals surface area (Å²) in [5.74, 6) is -0.405. The number of hydroxylamine groups is 3. The first-order chi connectivity index (χ1) is 41.3. The van der Waals surface area contributed by atoms with Gasteiger partial charge in [-0.2, -0.15) is 15.3 Å². The monoisotopic (exact) mass is 1210 g/mol. The molecule has 2 saturated heterocycles. The lowest BCUT2D eigenvalue weighted by Crippen LogP contribution is -2.33. The second-order valence-electron chi connectivity index (χ2n) is 20.0. The Kier molecular flexibility index (Phi) is 24.8. The van der Waals surface area contributed by atoms with Gasteiger partial charge < -0.3 is 43.9 Å². The number of aromatic carboxylic acids is 1. The number of ether oxygens (including phenoxy) is 5. The Morgan fingerprint density at radius 1 is 0.523 bits per heavy atom. The minimum absolute atomic E-state index is 0. The number of benzene rings is 3. The number of carbonyl (C=O) groups excluding carboxylic acids is 5. The van der Waals surface area contributed by atoms with E-state index in [1.54, 1.807) is 118 Å². The number of nitrogens with zero attached hydrogens (tertiary/aromatic N) is 8. The Hall–Kier alpha value is -8.44. The van der Waals surface area contributed by atoms with Crippen molar-refractivity contribution in [1.29, 1.82) is 0 Å². The quantitative estimate of drug-likeness (QED) is 0.0609. The van der Waals surface area contributed by atoms with E-state index in [1.807, 2.05) is 4.68 Å². The van der Waals surface area contributed by atoms with Gasteiger partial charge in [0.1, 0.15) is 17.2 Å². The molecule has 5 aliphatic rings. The lowest BCUT2D eigenvalue weighted by Gasteiger charge is -2.21. The molecule has 462 valence electrons. The number of rotatable bonds is 13. The summed E-state index contributed by atoms with van der Waals surface area (Å²) in [6.07, 6.45) is 7.44. The molecule has 2 fully saturated rings. The number of hydrogen-bond acceptors (Lipinski definition) is 18. The number of halogens is 1. The summed E-state index contributed by atoms with van der Waals surface area (Å²) in [7, 11) is 4.70. The van der Waals surface area contributed by atoms with Crippen molar-refractivity contribution in [2.24, 2.45) is 0 Å². The third kappa shape index (κ3) is 18.3. The van der Waals surface area contributed by atoms with Crippen LogP contribution in [0.15, 0.2) is 91.0 Å². The Morgan fingerprint density at radius 2 is 0.919 bits per heavy atom. The van der Waals surface area contributed by atoms with Crippen molar-refractivity contribution in [2.75, 3.05) is 54.2 Å². The van der Waals surface area contributed by atoms with Crippen molar-refractivity contribution in [1.82, 2.24) is 60.9 Å². The molecular weight excluding hydrogens is 1140 g/mol. The molecule has 3 aromatic heterocycles. The molecule has 28 heteroatoms. The summed E-state index contributed by atoms with van der Waals surface area (Å²) in [4.78, 5) is 86.0.